The molecule has 0 radical (unpaired) electrons. The zero-order chi connectivity index (χ0) is 12.2. The normalized spacial score (nSPS) is 27.0. The number of rotatable bonds is 2. The molecule has 18 heavy (non-hydrogen) atoms. The molecule has 1 unspecified atom stereocenters. The van der Waals surface area contributed by atoms with Crippen LogP contribution in [-0.2, 0) is 4.74 Å². The monoisotopic (exact) mass is 251 g/mol. The Labute approximate surface area is 107 Å². The summed E-state index contributed by atoms with van der Waals surface area (Å²) in [6.45, 7) is 2.39. The first-order chi connectivity index (χ1) is 8.93. The summed E-state index contributed by atoms with van der Waals surface area (Å²) in [4.78, 5) is 4.56. The second-order valence-corrected chi connectivity index (χ2v) is 5.24. The predicted octanol–water partition coefficient (Wildman–Crippen LogP) is 2.17. The van der Waals surface area contributed by atoms with Gasteiger partial charge in [0.05, 0.1) is 6.61 Å². The zero-order valence-corrected chi connectivity index (χ0v) is 10.7. The van der Waals surface area contributed by atoms with Crippen molar-refractivity contribution in [3.8, 4) is 0 Å². The second kappa shape index (κ2) is 5.80. The average Bonchev–Trinajstić information content (AvgIpc) is 2.76. The second-order valence-electron chi connectivity index (χ2n) is 5.24. The highest BCUT2D eigenvalue weighted by molar-refractivity contribution is 4.99. The first-order valence-electron chi connectivity index (χ1n) is 7.09. The molecule has 0 bridgehead atoms. The van der Waals surface area contributed by atoms with Gasteiger partial charge in [-0.3, -0.25) is 0 Å². The molecule has 2 fully saturated rings. The van der Waals surface area contributed by atoms with Crippen molar-refractivity contribution in [2.45, 2.75) is 50.5 Å². The molecular formula is C13H21N3O2. The molecule has 1 atom stereocenters. The van der Waals surface area contributed by atoms with Crippen LogP contribution in [0.2, 0.25) is 0 Å². The summed E-state index contributed by atoms with van der Waals surface area (Å²) in [5, 5.41) is 7.44. The highest BCUT2D eigenvalue weighted by Crippen LogP contribution is 2.30. The van der Waals surface area contributed by atoms with E-state index in [2.05, 4.69) is 15.5 Å². The quantitative estimate of drug-likeness (QED) is 0.816. The minimum Gasteiger partial charge on any atom is -0.366 e. The number of hydrogen-bond acceptors (Lipinski definition) is 5. The van der Waals surface area contributed by atoms with Gasteiger partial charge in [0.1, 0.15) is 6.10 Å². The third-order valence-electron chi connectivity index (χ3n) is 3.88. The van der Waals surface area contributed by atoms with E-state index in [1.165, 1.54) is 38.5 Å². The van der Waals surface area contributed by atoms with Crippen molar-refractivity contribution < 1.29 is 9.26 Å². The molecule has 0 spiro atoms. The van der Waals surface area contributed by atoms with Crippen molar-refractivity contribution in [1.29, 1.82) is 0 Å². The summed E-state index contributed by atoms with van der Waals surface area (Å²) >= 11 is 0. The van der Waals surface area contributed by atoms with Crippen LogP contribution in [-0.4, -0.2) is 29.8 Å². The molecule has 1 aliphatic heterocycles. The van der Waals surface area contributed by atoms with Crippen LogP contribution in [0.15, 0.2) is 4.52 Å². The molecule has 0 aromatic carbocycles. The molecule has 1 saturated heterocycles. The van der Waals surface area contributed by atoms with Crippen molar-refractivity contribution in [3.63, 3.8) is 0 Å². The maximum absolute atomic E-state index is 5.63. The van der Waals surface area contributed by atoms with Crippen molar-refractivity contribution in [2.75, 3.05) is 19.7 Å². The van der Waals surface area contributed by atoms with Crippen LogP contribution in [0.1, 0.15) is 62.3 Å². The molecule has 100 valence electrons. The molecule has 1 aromatic heterocycles. The Morgan fingerprint density at radius 1 is 1.11 bits per heavy atom. The van der Waals surface area contributed by atoms with Gasteiger partial charge >= 0.3 is 0 Å². The van der Waals surface area contributed by atoms with E-state index in [-0.39, 0.29) is 6.10 Å². The summed E-state index contributed by atoms with van der Waals surface area (Å²) in [5.74, 6) is 2.02. The van der Waals surface area contributed by atoms with Gasteiger partial charge in [-0.25, -0.2) is 0 Å². The lowest BCUT2D eigenvalue weighted by molar-refractivity contribution is 0.00755. The molecular weight excluding hydrogens is 230 g/mol. The van der Waals surface area contributed by atoms with E-state index in [0.717, 1.165) is 18.9 Å². The lowest BCUT2D eigenvalue weighted by Gasteiger charge is -2.20. The Kier molecular flexibility index (Phi) is 3.90. The lowest BCUT2D eigenvalue weighted by Crippen LogP contribution is -2.33. The van der Waals surface area contributed by atoms with Gasteiger partial charge in [0.15, 0.2) is 5.82 Å². The van der Waals surface area contributed by atoms with E-state index >= 15 is 0 Å². The molecule has 5 heteroatoms. The van der Waals surface area contributed by atoms with Crippen molar-refractivity contribution >= 4 is 0 Å². The van der Waals surface area contributed by atoms with E-state index < -0.39 is 0 Å². The van der Waals surface area contributed by atoms with Crippen LogP contribution >= 0.6 is 0 Å². The van der Waals surface area contributed by atoms with Gasteiger partial charge in [0.2, 0.25) is 0 Å². The number of hydrogen-bond donors (Lipinski definition) is 1. The van der Waals surface area contributed by atoms with E-state index in [1.807, 2.05) is 0 Å². The SMILES string of the molecule is C1CCCC(c2noc(C3CNCCO3)n2)CC1. The maximum atomic E-state index is 5.63. The van der Waals surface area contributed by atoms with Gasteiger partial charge in [-0.05, 0) is 12.8 Å². The Morgan fingerprint density at radius 2 is 1.94 bits per heavy atom. The Bertz CT molecular complexity index is 366. The van der Waals surface area contributed by atoms with Gasteiger partial charge < -0.3 is 14.6 Å². The van der Waals surface area contributed by atoms with E-state index in [9.17, 15) is 0 Å². The molecule has 2 heterocycles. The van der Waals surface area contributed by atoms with Gasteiger partial charge in [-0.1, -0.05) is 30.8 Å². The Morgan fingerprint density at radius 3 is 2.67 bits per heavy atom. The molecule has 3 rings (SSSR count). The van der Waals surface area contributed by atoms with E-state index in [1.54, 1.807) is 0 Å². The Balaban J connectivity index is 1.67. The van der Waals surface area contributed by atoms with Gasteiger partial charge in [0, 0.05) is 19.0 Å². The Hall–Kier alpha value is -0.940. The standard InChI is InChI=1S/C13H21N3O2/c1-2-4-6-10(5-3-1)12-15-13(18-16-12)11-9-14-7-8-17-11/h10-11,14H,1-9H2. The number of ether oxygens (including phenoxy) is 1. The minimum absolute atomic E-state index is 0.0641. The molecule has 2 aliphatic rings. The summed E-state index contributed by atoms with van der Waals surface area (Å²) in [5.41, 5.74) is 0. The molecule has 1 saturated carbocycles. The van der Waals surface area contributed by atoms with Crippen LogP contribution in [0.25, 0.3) is 0 Å². The fourth-order valence-electron chi connectivity index (χ4n) is 2.81. The number of nitrogens with one attached hydrogen (secondary N) is 1. The molecule has 1 N–H and O–H groups in total. The highest BCUT2D eigenvalue weighted by Gasteiger charge is 2.25. The fraction of sp³-hybridized carbons (Fsp3) is 0.846. The first kappa shape index (κ1) is 12.1. The molecule has 5 nitrogen and oxygen atoms in total. The van der Waals surface area contributed by atoms with Crippen LogP contribution in [0, 0.1) is 0 Å². The average molecular weight is 251 g/mol. The summed E-state index contributed by atoms with van der Waals surface area (Å²) in [7, 11) is 0. The molecule has 0 amide bonds. The topological polar surface area (TPSA) is 60.2 Å². The third-order valence-corrected chi connectivity index (χ3v) is 3.88. The predicted molar refractivity (Wildman–Crippen MR) is 66.3 cm³/mol. The summed E-state index contributed by atoms with van der Waals surface area (Å²) in [6.07, 6.45) is 7.59. The summed E-state index contributed by atoms with van der Waals surface area (Å²) < 4.78 is 11.0. The number of morpholine rings is 1. The molecule has 1 aliphatic carbocycles. The van der Waals surface area contributed by atoms with Gasteiger partial charge in [0.25, 0.3) is 5.89 Å². The van der Waals surface area contributed by atoms with Gasteiger partial charge in [-0.2, -0.15) is 4.98 Å². The largest absolute Gasteiger partial charge is 0.366 e. The van der Waals surface area contributed by atoms with Gasteiger partial charge in [-0.15, -0.1) is 0 Å². The minimum atomic E-state index is -0.0641. The fourth-order valence-corrected chi connectivity index (χ4v) is 2.81. The smallest absolute Gasteiger partial charge is 0.257 e. The first-order valence-corrected chi connectivity index (χ1v) is 7.09. The highest BCUT2D eigenvalue weighted by atomic mass is 16.5. The van der Waals surface area contributed by atoms with Crippen LogP contribution in [0.5, 0.6) is 0 Å². The maximum Gasteiger partial charge on any atom is 0.257 e. The number of aromatic nitrogens is 2. The number of nitrogens with zero attached hydrogens (tertiary/aromatic N) is 2. The van der Waals surface area contributed by atoms with Crippen molar-refractivity contribution in [3.05, 3.63) is 11.7 Å². The summed E-state index contributed by atoms with van der Waals surface area (Å²) in [6, 6.07) is 0. The van der Waals surface area contributed by atoms with E-state index in [0.29, 0.717) is 18.4 Å². The van der Waals surface area contributed by atoms with Crippen molar-refractivity contribution in [2.24, 2.45) is 0 Å². The molecule has 1 aromatic rings. The van der Waals surface area contributed by atoms with Crippen LogP contribution in [0.4, 0.5) is 0 Å². The van der Waals surface area contributed by atoms with E-state index in [4.69, 9.17) is 9.26 Å². The lowest BCUT2D eigenvalue weighted by atomic mass is 10.00. The zero-order valence-electron chi connectivity index (χ0n) is 10.7. The third kappa shape index (κ3) is 2.72. The van der Waals surface area contributed by atoms with Crippen molar-refractivity contribution in [1.82, 2.24) is 15.5 Å². The van der Waals surface area contributed by atoms with Crippen LogP contribution < -0.4 is 5.32 Å². The van der Waals surface area contributed by atoms with Crippen LogP contribution in [0.3, 0.4) is 0 Å².